The molecule has 9 nitrogen and oxygen atoms in total. The van der Waals surface area contributed by atoms with Gasteiger partial charge in [-0.15, -0.1) is 0 Å². The van der Waals surface area contributed by atoms with E-state index in [1.165, 1.54) is 64.2 Å². The maximum Gasteiger partial charge on any atom is 0.469 e. The summed E-state index contributed by atoms with van der Waals surface area (Å²) in [6.45, 7) is 3.50. The molecule has 0 rings (SSSR count). The first-order valence-corrected chi connectivity index (χ1v) is 19.6. The number of carbonyl (C=O) groups excluding carboxylic acids is 2. The maximum atomic E-state index is 12.3. The molecule has 2 atom stereocenters. The standard InChI is InChI=1S/C37H65O9P/c1-3-5-7-9-11-12-13-14-19-23-27-31-37(40)46-35(33-45-47(41,42)43)32-44-36(39)30-26-22-18-16-15-17-21-25-29-34(38)28-24-20-10-8-6-4-2/h16-18,20-21,24-25,29,34-35,38H,3-15,19,22-23,26-28,30-33H2,1-2H3,(H2,41,42,43)/b18-16-,21-17-,24-20-,29-25+/t34-,35-/m1/s1. The van der Waals surface area contributed by atoms with Crippen LogP contribution in [-0.4, -0.2) is 52.3 Å². The molecule has 0 radical (unpaired) electrons. The Kier molecular flexibility index (Phi) is 31.1. The zero-order valence-electron chi connectivity index (χ0n) is 29.3. The zero-order valence-corrected chi connectivity index (χ0v) is 30.2. The maximum absolute atomic E-state index is 12.3. The van der Waals surface area contributed by atoms with Crippen molar-refractivity contribution in [3.8, 4) is 0 Å². The summed E-state index contributed by atoms with van der Waals surface area (Å²) in [7, 11) is -4.77. The van der Waals surface area contributed by atoms with Crippen molar-refractivity contribution in [3.63, 3.8) is 0 Å². The van der Waals surface area contributed by atoms with E-state index in [1.807, 2.05) is 36.5 Å². The number of ether oxygens (including phenoxy) is 2. The Bertz CT molecular complexity index is 923. The second-order valence-electron chi connectivity index (χ2n) is 12.0. The summed E-state index contributed by atoms with van der Waals surface area (Å²) in [5, 5.41) is 9.97. The highest BCUT2D eigenvalue weighted by atomic mass is 31.2. The molecule has 0 aromatic carbocycles. The first-order chi connectivity index (χ1) is 22.7. The Labute approximate surface area is 285 Å². The Morgan fingerprint density at radius 1 is 0.660 bits per heavy atom. The number of hydrogen-bond donors (Lipinski definition) is 3. The first kappa shape index (κ1) is 45.0. The number of phosphoric acid groups is 1. The summed E-state index contributed by atoms with van der Waals surface area (Å²) in [5.41, 5.74) is 0. The molecular weight excluding hydrogens is 619 g/mol. The number of aliphatic hydroxyl groups excluding tert-OH is 1. The molecule has 0 bridgehead atoms. The summed E-state index contributed by atoms with van der Waals surface area (Å²) < 4.78 is 26.2. The summed E-state index contributed by atoms with van der Waals surface area (Å²) >= 11 is 0. The number of phosphoric ester groups is 1. The van der Waals surface area contributed by atoms with Gasteiger partial charge < -0.3 is 24.4 Å². The number of unbranched alkanes of at least 4 members (excludes halogenated alkanes) is 14. The lowest BCUT2D eigenvalue weighted by atomic mass is 10.1. The lowest BCUT2D eigenvalue weighted by molar-refractivity contribution is -0.161. The van der Waals surface area contributed by atoms with Gasteiger partial charge in [0.1, 0.15) is 6.61 Å². The largest absolute Gasteiger partial charge is 0.469 e. The van der Waals surface area contributed by atoms with Crippen LogP contribution in [0.5, 0.6) is 0 Å². The molecule has 0 fully saturated rings. The molecule has 10 heteroatoms. The molecule has 0 amide bonds. The molecule has 0 saturated heterocycles. The lowest BCUT2D eigenvalue weighted by Crippen LogP contribution is -2.29. The van der Waals surface area contributed by atoms with Gasteiger partial charge in [0.05, 0.1) is 12.7 Å². The first-order valence-electron chi connectivity index (χ1n) is 18.0. The predicted octanol–water partition coefficient (Wildman–Crippen LogP) is 9.37. The molecule has 0 aromatic rings. The van der Waals surface area contributed by atoms with Crippen LogP contribution in [0.25, 0.3) is 0 Å². The second kappa shape index (κ2) is 32.5. The minimum atomic E-state index is -4.77. The van der Waals surface area contributed by atoms with Gasteiger partial charge in [0, 0.05) is 12.8 Å². The third kappa shape index (κ3) is 35.1. The molecule has 0 saturated carbocycles. The number of aliphatic hydroxyl groups is 1. The van der Waals surface area contributed by atoms with Crippen LogP contribution in [0.2, 0.25) is 0 Å². The topological polar surface area (TPSA) is 140 Å². The van der Waals surface area contributed by atoms with Gasteiger partial charge in [-0.25, -0.2) is 4.57 Å². The van der Waals surface area contributed by atoms with Crippen LogP contribution in [0.1, 0.15) is 149 Å². The SMILES string of the molecule is CCCCC/C=C\C[C@@H](O)/C=C/C=C\C/C=C\CCCC(=O)OC[C@H](COP(=O)(O)O)OC(=O)CCCCCCCCCCCCC. The van der Waals surface area contributed by atoms with Gasteiger partial charge in [0.2, 0.25) is 0 Å². The monoisotopic (exact) mass is 684 g/mol. The van der Waals surface area contributed by atoms with Crippen molar-refractivity contribution < 1.29 is 43.0 Å². The number of hydrogen-bond acceptors (Lipinski definition) is 7. The Hall–Kier alpha value is -2.03. The number of allylic oxidation sites excluding steroid dienone is 6. The minimum Gasteiger partial charge on any atom is -0.462 e. The summed E-state index contributed by atoms with van der Waals surface area (Å²) in [4.78, 5) is 42.6. The molecule has 272 valence electrons. The molecular formula is C37H65O9P. The van der Waals surface area contributed by atoms with E-state index in [4.69, 9.17) is 19.3 Å². The highest BCUT2D eigenvalue weighted by Crippen LogP contribution is 2.36. The number of esters is 2. The van der Waals surface area contributed by atoms with Crippen LogP contribution in [0, 0.1) is 0 Å². The van der Waals surface area contributed by atoms with Crippen LogP contribution in [-0.2, 0) is 28.2 Å². The molecule has 0 heterocycles. The van der Waals surface area contributed by atoms with Crippen LogP contribution in [0.15, 0.2) is 48.6 Å². The highest BCUT2D eigenvalue weighted by Gasteiger charge is 2.22. The quantitative estimate of drug-likeness (QED) is 0.0208. The van der Waals surface area contributed by atoms with Crippen molar-refractivity contribution in [2.75, 3.05) is 13.2 Å². The third-order valence-electron chi connectivity index (χ3n) is 7.43. The van der Waals surface area contributed by atoms with Crippen LogP contribution < -0.4 is 0 Å². The van der Waals surface area contributed by atoms with Crippen molar-refractivity contribution in [2.45, 2.75) is 161 Å². The fraction of sp³-hybridized carbons (Fsp3) is 0.730. The fourth-order valence-corrected chi connectivity index (χ4v) is 5.04. The Balaban J connectivity index is 4.16. The fourth-order valence-electron chi connectivity index (χ4n) is 4.68. The van der Waals surface area contributed by atoms with E-state index < -0.39 is 38.6 Å². The minimum absolute atomic E-state index is 0.159. The molecule has 0 spiro atoms. The lowest BCUT2D eigenvalue weighted by Gasteiger charge is -2.18. The predicted molar refractivity (Wildman–Crippen MR) is 190 cm³/mol. The van der Waals surface area contributed by atoms with Crippen molar-refractivity contribution in [3.05, 3.63) is 48.6 Å². The van der Waals surface area contributed by atoms with Crippen molar-refractivity contribution in [1.82, 2.24) is 0 Å². The van der Waals surface area contributed by atoms with Gasteiger partial charge in [0.15, 0.2) is 6.10 Å². The van der Waals surface area contributed by atoms with E-state index in [0.717, 1.165) is 32.1 Å². The Morgan fingerprint density at radius 2 is 1.23 bits per heavy atom. The van der Waals surface area contributed by atoms with Crippen molar-refractivity contribution in [1.29, 1.82) is 0 Å². The van der Waals surface area contributed by atoms with Gasteiger partial charge in [0.25, 0.3) is 0 Å². The molecule has 47 heavy (non-hydrogen) atoms. The van der Waals surface area contributed by atoms with Gasteiger partial charge in [-0.3, -0.25) is 14.1 Å². The average Bonchev–Trinajstić information content (AvgIpc) is 3.03. The van der Waals surface area contributed by atoms with E-state index in [9.17, 15) is 19.3 Å². The third-order valence-corrected chi connectivity index (χ3v) is 7.92. The molecule has 0 aliphatic carbocycles. The van der Waals surface area contributed by atoms with Gasteiger partial charge in [-0.05, 0) is 44.9 Å². The van der Waals surface area contributed by atoms with E-state index in [0.29, 0.717) is 25.7 Å². The van der Waals surface area contributed by atoms with Crippen molar-refractivity contribution in [2.24, 2.45) is 0 Å². The van der Waals surface area contributed by atoms with Crippen LogP contribution in [0.3, 0.4) is 0 Å². The van der Waals surface area contributed by atoms with Crippen molar-refractivity contribution >= 4 is 19.8 Å². The number of carbonyl (C=O) groups is 2. The molecule has 0 unspecified atom stereocenters. The van der Waals surface area contributed by atoms with E-state index in [1.54, 1.807) is 6.08 Å². The van der Waals surface area contributed by atoms with E-state index in [2.05, 4.69) is 24.4 Å². The summed E-state index contributed by atoms with van der Waals surface area (Å²) in [6.07, 6.45) is 34.4. The molecule has 0 aliphatic rings. The van der Waals surface area contributed by atoms with Gasteiger partial charge in [-0.1, -0.05) is 140 Å². The van der Waals surface area contributed by atoms with E-state index >= 15 is 0 Å². The van der Waals surface area contributed by atoms with Crippen LogP contribution >= 0.6 is 7.82 Å². The highest BCUT2D eigenvalue weighted by molar-refractivity contribution is 7.46. The second-order valence-corrected chi connectivity index (χ2v) is 13.3. The van der Waals surface area contributed by atoms with Gasteiger partial charge in [-0.2, -0.15) is 0 Å². The van der Waals surface area contributed by atoms with E-state index in [-0.39, 0.29) is 19.4 Å². The smallest absolute Gasteiger partial charge is 0.462 e. The summed E-state index contributed by atoms with van der Waals surface area (Å²) in [6, 6.07) is 0. The molecule has 0 aromatic heterocycles. The zero-order chi connectivity index (χ0) is 34.9. The number of rotatable bonds is 32. The molecule has 0 aliphatic heterocycles. The Morgan fingerprint density at radius 3 is 1.89 bits per heavy atom. The molecule has 3 N–H and O–H groups in total. The summed E-state index contributed by atoms with van der Waals surface area (Å²) in [5.74, 6) is -0.993. The normalized spacial score (nSPS) is 13.7. The van der Waals surface area contributed by atoms with Gasteiger partial charge >= 0.3 is 19.8 Å². The van der Waals surface area contributed by atoms with Crippen LogP contribution in [0.4, 0.5) is 0 Å². The average molecular weight is 685 g/mol.